The fourth-order valence-corrected chi connectivity index (χ4v) is 3.91. The van der Waals surface area contributed by atoms with Crippen molar-refractivity contribution in [1.82, 2.24) is 5.32 Å². The van der Waals surface area contributed by atoms with Gasteiger partial charge < -0.3 is 19.5 Å². The van der Waals surface area contributed by atoms with Gasteiger partial charge in [0.1, 0.15) is 0 Å². The van der Waals surface area contributed by atoms with E-state index in [0.717, 1.165) is 51.0 Å². The van der Waals surface area contributed by atoms with Gasteiger partial charge in [-0.25, -0.2) is 0 Å². The topological polar surface area (TPSA) is 39.7 Å². The molecule has 20 heavy (non-hydrogen) atoms. The molecule has 0 unspecified atom stereocenters. The van der Waals surface area contributed by atoms with Crippen molar-refractivity contribution in [1.29, 1.82) is 0 Å². The minimum Gasteiger partial charge on any atom is -0.381 e. The van der Waals surface area contributed by atoms with E-state index in [1.54, 1.807) is 0 Å². The third-order valence-electron chi connectivity index (χ3n) is 5.21. The smallest absolute Gasteiger partial charge is 0.173 e. The molecule has 2 saturated heterocycles. The highest BCUT2D eigenvalue weighted by atomic mass is 16.7. The zero-order valence-corrected chi connectivity index (χ0v) is 12.9. The Labute approximate surface area is 122 Å². The van der Waals surface area contributed by atoms with E-state index < -0.39 is 0 Å². The van der Waals surface area contributed by atoms with Crippen LogP contribution in [0.2, 0.25) is 0 Å². The molecule has 0 radical (unpaired) electrons. The summed E-state index contributed by atoms with van der Waals surface area (Å²) in [5.74, 6) is 1.33. The van der Waals surface area contributed by atoms with E-state index in [9.17, 15) is 0 Å². The first-order chi connectivity index (χ1) is 9.67. The Kier molecular flexibility index (Phi) is 4.65. The molecule has 3 aliphatic rings. The summed E-state index contributed by atoms with van der Waals surface area (Å²) in [6.45, 7) is 7.92. The highest BCUT2D eigenvalue weighted by Gasteiger charge is 2.42. The van der Waals surface area contributed by atoms with Crippen LogP contribution in [0.5, 0.6) is 0 Å². The average molecular weight is 283 g/mol. The van der Waals surface area contributed by atoms with Crippen LogP contribution in [0.4, 0.5) is 0 Å². The summed E-state index contributed by atoms with van der Waals surface area (Å²) in [7, 11) is 0. The first kappa shape index (κ1) is 14.8. The van der Waals surface area contributed by atoms with Gasteiger partial charge in [-0.05, 0) is 31.1 Å². The van der Waals surface area contributed by atoms with Gasteiger partial charge in [-0.2, -0.15) is 0 Å². The second-order valence-corrected chi connectivity index (χ2v) is 6.98. The zero-order valence-electron chi connectivity index (χ0n) is 12.9. The van der Waals surface area contributed by atoms with Crippen molar-refractivity contribution in [3.8, 4) is 0 Å². The second-order valence-electron chi connectivity index (χ2n) is 6.98. The van der Waals surface area contributed by atoms with Gasteiger partial charge in [0.2, 0.25) is 0 Å². The SMILES string of the molecule is C[C@@H]1CC[C@H](NC[C@H]2COC3(CCOCC3)O2)[C@H](C)C1. The molecule has 1 aliphatic carbocycles. The van der Waals surface area contributed by atoms with Gasteiger partial charge in [-0.1, -0.05) is 13.8 Å². The Bertz CT molecular complexity index is 317. The fraction of sp³-hybridized carbons (Fsp3) is 1.00. The fourth-order valence-electron chi connectivity index (χ4n) is 3.91. The molecule has 3 rings (SSSR count). The lowest BCUT2D eigenvalue weighted by atomic mass is 9.80. The largest absolute Gasteiger partial charge is 0.381 e. The molecular weight excluding hydrogens is 254 g/mol. The van der Waals surface area contributed by atoms with E-state index in [2.05, 4.69) is 19.2 Å². The van der Waals surface area contributed by atoms with Gasteiger partial charge in [0.05, 0.1) is 25.9 Å². The Balaban J connectivity index is 1.43. The average Bonchev–Trinajstić information content (AvgIpc) is 2.82. The van der Waals surface area contributed by atoms with Gasteiger partial charge >= 0.3 is 0 Å². The molecule has 0 amide bonds. The molecule has 4 heteroatoms. The van der Waals surface area contributed by atoms with Gasteiger partial charge in [0.15, 0.2) is 5.79 Å². The second kappa shape index (κ2) is 6.30. The third kappa shape index (κ3) is 3.35. The van der Waals surface area contributed by atoms with Crippen LogP contribution < -0.4 is 5.32 Å². The van der Waals surface area contributed by atoms with Gasteiger partial charge in [-0.3, -0.25) is 0 Å². The summed E-state index contributed by atoms with van der Waals surface area (Å²) in [6.07, 6.45) is 5.96. The monoisotopic (exact) mass is 283 g/mol. The maximum atomic E-state index is 6.17. The summed E-state index contributed by atoms with van der Waals surface area (Å²) in [5, 5.41) is 3.72. The summed E-state index contributed by atoms with van der Waals surface area (Å²) in [6, 6.07) is 0.654. The highest BCUT2D eigenvalue weighted by molar-refractivity contribution is 4.85. The standard InChI is InChI=1S/C16H29NO3/c1-12-3-4-15(13(2)9-12)17-10-14-11-19-16(20-14)5-7-18-8-6-16/h12-15,17H,3-11H2,1-2H3/t12-,13-,14+,15+/m1/s1. The van der Waals surface area contributed by atoms with E-state index in [1.165, 1.54) is 19.3 Å². The van der Waals surface area contributed by atoms with Crippen LogP contribution in [0.25, 0.3) is 0 Å². The number of hydrogen-bond acceptors (Lipinski definition) is 4. The number of hydrogen-bond donors (Lipinski definition) is 1. The van der Waals surface area contributed by atoms with Gasteiger partial charge in [-0.15, -0.1) is 0 Å². The normalized spacial score (nSPS) is 41.1. The Hall–Kier alpha value is -0.160. The van der Waals surface area contributed by atoms with Crippen LogP contribution in [0.15, 0.2) is 0 Å². The van der Waals surface area contributed by atoms with Crippen molar-refractivity contribution < 1.29 is 14.2 Å². The lowest BCUT2D eigenvalue weighted by Crippen LogP contribution is -2.44. The summed E-state index contributed by atoms with van der Waals surface area (Å²) in [5.41, 5.74) is 0. The number of nitrogens with one attached hydrogen (secondary N) is 1. The number of ether oxygens (including phenoxy) is 3. The predicted molar refractivity (Wildman–Crippen MR) is 77.6 cm³/mol. The molecule has 116 valence electrons. The first-order valence-electron chi connectivity index (χ1n) is 8.30. The quantitative estimate of drug-likeness (QED) is 0.863. The summed E-state index contributed by atoms with van der Waals surface area (Å²) < 4.78 is 17.5. The van der Waals surface area contributed by atoms with E-state index in [-0.39, 0.29) is 11.9 Å². The van der Waals surface area contributed by atoms with Crippen molar-refractivity contribution >= 4 is 0 Å². The van der Waals surface area contributed by atoms with Crippen molar-refractivity contribution in [3.05, 3.63) is 0 Å². The Morgan fingerprint density at radius 2 is 1.95 bits per heavy atom. The molecule has 0 aromatic rings. The molecule has 3 fully saturated rings. The van der Waals surface area contributed by atoms with Crippen molar-refractivity contribution in [2.24, 2.45) is 11.8 Å². The van der Waals surface area contributed by atoms with Crippen LogP contribution in [0, 0.1) is 11.8 Å². The molecule has 4 atom stereocenters. The van der Waals surface area contributed by atoms with Crippen molar-refractivity contribution in [3.63, 3.8) is 0 Å². The minimum absolute atomic E-state index is 0.208. The molecule has 1 spiro atoms. The van der Waals surface area contributed by atoms with Crippen molar-refractivity contribution in [2.45, 2.75) is 63.9 Å². The molecule has 1 N–H and O–H groups in total. The van der Waals surface area contributed by atoms with E-state index >= 15 is 0 Å². The molecule has 4 nitrogen and oxygen atoms in total. The lowest BCUT2D eigenvalue weighted by Gasteiger charge is -2.34. The predicted octanol–water partition coefficient (Wildman–Crippen LogP) is 2.32. The maximum Gasteiger partial charge on any atom is 0.173 e. The first-order valence-corrected chi connectivity index (χ1v) is 8.30. The third-order valence-corrected chi connectivity index (χ3v) is 5.21. The highest BCUT2D eigenvalue weighted by Crippen LogP contribution is 2.33. The number of rotatable bonds is 3. The molecular formula is C16H29NO3. The van der Waals surface area contributed by atoms with Gasteiger partial charge in [0.25, 0.3) is 0 Å². The maximum absolute atomic E-state index is 6.17. The van der Waals surface area contributed by atoms with Crippen LogP contribution in [0.1, 0.15) is 46.0 Å². The Morgan fingerprint density at radius 3 is 2.70 bits per heavy atom. The van der Waals surface area contributed by atoms with Crippen LogP contribution in [-0.4, -0.2) is 44.3 Å². The minimum atomic E-state index is -0.336. The van der Waals surface area contributed by atoms with E-state index in [0.29, 0.717) is 6.04 Å². The molecule has 2 heterocycles. The van der Waals surface area contributed by atoms with Crippen LogP contribution in [0.3, 0.4) is 0 Å². The molecule has 2 aliphatic heterocycles. The summed E-state index contributed by atoms with van der Waals surface area (Å²) in [4.78, 5) is 0. The zero-order chi connectivity index (χ0) is 14.0. The summed E-state index contributed by atoms with van der Waals surface area (Å²) >= 11 is 0. The van der Waals surface area contributed by atoms with E-state index in [1.807, 2.05) is 0 Å². The molecule has 0 bridgehead atoms. The lowest BCUT2D eigenvalue weighted by molar-refractivity contribution is -0.210. The van der Waals surface area contributed by atoms with E-state index in [4.69, 9.17) is 14.2 Å². The van der Waals surface area contributed by atoms with Crippen molar-refractivity contribution in [2.75, 3.05) is 26.4 Å². The Morgan fingerprint density at radius 1 is 1.15 bits per heavy atom. The molecule has 0 aromatic heterocycles. The molecule has 1 saturated carbocycles. The van der Waals surface area contributed by atoms with Gasteiger partial charge in [0, 0.05) is 25.4 Å². The van der Waals surface area contributed by atoms with Crippen LogP contribution >= 0.6 is 0 Å². The molecule has 0 aromatic carbocycles. The van der Waals surface area contributed by atoms with Crippen LogP contribution in [-0.2, 0) is 14.2 Å².